The van der Waals surface area contributed by atoms with Crippen LogP contribution < -0.4 is 5.32 Å². The number of carbonyl (C=O) groups is 3. The van der Waals surface area contributed by atoms with Crippen LogP contribution in [0.3, 0.4) is 0 Å². The van der Waals surface area contributed by atoms with Gasteiger partial charge in [-0.05, 0) is 45.8 Å². The van der Waals surface area contributed by atoms with Crippen molar-refractivity contribution >= 4 is 17.8 Å². The Morgan fingerprint density at radius 2 is 1.36 bits per heavy atom. The van der Waals surface area contributed by atoms with Crippen molar-refractivity contribution in [3.8, 4) is 0 Å². The number of ether oxygens (including phenoxy) is 13. The van der Waals surface area contributed by atoms with Gasteiger partial charge >= 0.3 is 11.9 Å². The van der Waals surface area contributed by atoms with Gasteiger partial charge in [0.2, 0.25) is 11.7 Å². The smallest absolute Gasteiger partial charge is 0.328 e. The number of hydrogen-bond acceptors (Lipinski definition) is 20. The third-order valence-corrected chi connectivity index (χ3v) is 16.9. The Kier molecular flexibility index (Phi) is 27.7. The van der Waals surface area contributed by atoms with Gasteiger partial charge in [-0.25, -0.2) is 4.79 Å². The molecule has 87 heavy (non-hydrogen) atoms. The summed E-state index contributed by atoms with van der Waals surface area (Å²) < 4.78 is 80.6. The summed E-state index contributed by atoms with van der Waals surface area (Å²) >= 11 is 0. The minimum Gasteiger partial charge on any atom is -0.478 e. The average Bonchev–Trinajstić information content (AvgIpc) is 1.73. The minimum absolute atomic E-state index is 0.0572. The number of aliphatic hydroxyl groups is 4. The zero-order valence-electron chi connectivity index (χ0n) is 52.2. The van der Waals surface area contributed by atoms with Gasteiger partial charge < -0.3 is 92.4 Å². The number of amides is 1. The number of hydrogen-bond donors (Lipinski definition) is 6. The van der Waals surface area contributed by atoms with E-state index in [4.69, 9.17) is 66.7 Å². The molecule has 1 amide bonds. The van der Waals surface area contributed by atoms with Crippen LogP contribution in [0.15, 0.2) is 115 Å². The molecule has 5 fully saturated rings. The van der Waals surface area contributed by atoms with Gasteiger partial charge in [-0.1, -0.05) is 124 Å². The number of carboxylic acids is 1. The molecule has 0 radical (unpaired) electrons. The second-order valence-corrected chi connectivity index (χ2v) is 23.5. The van der Waals surface area contributed by atoms with Crippen molar-refractivity contribution in [2.24, 2.45) is 17.3 Å². The molecule has 5 aliphatic rings. The molecule has 5 heterocycles. The summed E-state index contributed by atoms with van der Waals surface area (Å²) in [4.78, 5) is 39.5. The molecule has 1 aromatic rings. The summed E-state index contributed by atoms with van der Waals surface area (Å²) in [7, 11) is 6.24. The average molecular weight is 1230 g/mol. The van der Waals surface area contributed by atoms with E-state index < -0.39 is 152 Å². The van der Waals surface area contributed by atoms with Crippen LogP contribution in [-0.2, 0) is 82.4 Å². The topological polar surface area (TPSA) is 284 Å². The van der Waals surface area contributed by atoms with Crippen molar-refractivity contribution in [3.63, 3.8) is 0 Å². The van der Waals surface area contributed by atoms with E-state index in [2.05, 4.69) is 5.32 Å². The first-order valence-electron chi connectivity index (χ1n) is 30.0. The fraction of sp³-hybridized carbons (Fsp3) is 0.646. The van der Waals surface area contributed by atoms with Crippen molar-refractivity contribution < 1.29 is 101 Å². The number of aliphatic carboxylic acids is 1. The SMILES string of the molecule is C/C=C\C=C\[C@@H]1O[C@](O)([C@H](CO[C@H]2C[C@@H](OC)[C@@H](O[C@@H]3C[C@@H](OC)[C@@H](O[C@H]4C[C@H](OC)[C@H](O)[C@H](C)O4)[C@H](C)O3)[C@@H](C)O2)C(=O)NC/C=C/C=C(\C)[C@@H](OC)[C@H](C)[C@H]2C[C@H](O)[C@H](/C=C/C=C\C=C\C(=O)O)O2)[C@H](OC(=O)Cc2ccccc2)[C@H](O)C1(C)C. The predicted octanol–water partition coefficient (Wildman–Crippen LogP) is 5.50. The molecule has 22 nitrogen and oxygen atoms in total. The van der Waals surface area contributed by atoms with Crippen molar-refractivity contribution in [3.05, 3.63) is 120 Å². The standard InChI is InChI=1S/C65H95NO21/c1-13-14-18-29-51-64(7,8)61(72)62(84-53(70)32-43-26-19-17-20-27-43)65(74,87-51)44(63(73)66-31-24-23-25-38(2)58(78-12)39(3)47-33-45(67)46(83-47)28-21-15-16-22-30-52(68)69)37-79-54-35-49(76-10)59(41(5)81-54)86-56-36-50(77-11)60(42(6)82-56)85-55-34-48(75-9)57(71)40(4)80-55/h13-30,39-42,44-51,54-62,67,71-72,74H,31-37H2,1-12H3,(H,66,73)(H,68,69)/b14-13-,16-15-,24-23+,28-21+,29-18+,30-22+,38-25+/t39-,40+,41-,42+,44-,45+,46+,47-,48+,49-,50-,51+,54-,55+,56-,57-,58-,59+,60+,61+,62-,65-/m1/s1. The van der Waals surface area contributed by atoms with Crippen LogP contribution >= 0.6 is 0 Å². The number of benzene rings is 1. The lowest BCUT2D eigenvalue weighted by atomic mass is 9.71. The van der Waals surface area contributed by atoms with E-state index in [1.165, 1.54) is 20.3 Å². The maximum Gasteiger partial charge on any atom is 0.328 e. The molecule has 0 saturated carbocycles. The first-order chi connectivity index (χ1) is 41.5. The lowest BCUT2D eigenvalue weighted by Gasteiger charge is -2.54. The number of aliphatic hydroxyl groups excluding tert-OH is 3. The Bertz CT molecular complexity index is 2530. The Balaban J connectivity index is 1.19. The quantitative estimate of drug-likeness (QED) is 0.0343. The summed E-state index contributed by atoms with van der Waals surface area (Å²) in [6, 6.07) is 8.84. The molecule has 22 heteroatoms. The van der Waals surface area contributed by atoms with Crippen LogP contribution in [0.1, 0.15) is 86.6 Å². The molecular formula is C65H95NO21. The Hall–Kier alpha value is -4.83. The van der Waals surface area contributed by atoms with Crippen molar-refractivity contribution in [2.45, 2.75) is 210 Å². The minimum atomic E-state index is -2.71. The number of carbonyl (C=O) groups excluding carboxylic acids is 2. The molecule has 0 aromatic heterocycles. The van der Waals surface area contributed by atoms with Crippen molar-refractivity contribution in [2.75, 3.05) is 41.6 Å². The molecule has 486 valence electrons. The summed E-state index contributed by atoms with van der Waals surface area (Å²) in [6.45, 7) is 13.9. The Morgan fingerprint density at radius 1 is 0.759 bits per heavy atom. The molecule has 6 N–H and O–H groups in total. The number of carboxylic acid groups (broad SMARTS) is 1. The molecule has 5 saturated heterocycles. The first kappa shape index (κ1) is 71.2. The fourth-order valence-electron chi connectivity index (χ4n) is 11.8. The summed E-state index contributed by atoms with van der Waals surface area (Å²) in [6.07, 6.45) is 7.66. The van der Waals surface area contributed by atoms with Crippen LogP contribution in [0.4, 0.5) is 0 Å². The number of methoxy groups -OCH3 is 4. The van der Waals surface area contributed by atoms with E-state index in [0.717, 1.165) is 11.6 Å². The van der Waals surface area contributed by atoms with Crippen LogP contribution in [0, 0.1) is 17.3 Å². The highest BCUT2D eigenvalue weighted by Crippen LogP contribution is 2.46. The lowest BCUT2D eigenvalue weighted by Crippen LogP contribution is -2.71. The number of rotatable bonds is 28. The van der Waals surface area contributed by atoms with Crippen LogP contribution in [-0.4, -0.2) is 207 Å². The third kappa shape index (κ3) is 19.1. The van der Waals surface area contributed by atoms with E-state index >= 15 is 0 Å². The Morgan fingerprint density at radius 3 is 1.98 bits per heavy atom. The maximum atomic E-state index is 14.9. The van der Waals surface area contributed by atoms with Gasteiger partial charge in [-0.2, -0.15) is 0 Å². The summed E-state index contributed by atoms with van der Waals surface area (Å²) in [5, 5.41) is 58.5. The highest BCUT2D eigenvalue weighted by molar-refractivity contribution is 5.81. The zero-order valence-corrected chi connectivity index (χ0v) is 52.2. The molecule has 0 aliphatic carbocycles. The summed E-state index contributed by atoms with van der Waals surface area (Å²) in [5.74, 6) is -7.19. The second-order valence-electron chi connectivity index (χ2n) is 23.5. The van der Waals surface area contributed by atoms with Gasteiger partial charge in [0, 0.05) is 78.1 Å². The largest absolute Gasteiger partial charge is 0.478 e. The Labute approximate surface area is 512 Å². The molecule has 0 bridgehead atoms. The molecular weight excluding hydrogens is 1130 g/mol. The van der Waals surface area contributed by atoms with Gasteiger partial charge in [0.15, 0.2) is 25.0 Å². The molecule has 5 aliphatic heterocycles. The monoisotopic (exact) mass is 1230 g/mol. The maximum absolute atomic E-state index is 14.9. The van der Waals surface area contributed by atoms with E-state index in [9.17, 15) is 34.8 Å². The number of esters is 1. The molecule has 22 atom stereocenters. The fourth-order valence-corrected chi connectivity index (χ4v) is 11.8. The van der Waals surface area contributed by atoms with Crippen LogP contribution in [0.25, 0.3) is 0 Å². The lowest BCUT2D eigenvalue weighted by molar-refractivity contribution is -0.368. The van der Waals surface area contributed by atoms with E-state index in [1.807, 2.05) is 33.8 Å². The third-order valence-electron chi connectivity index (χ3n) is 16.9. The molecule has 6 rings (SSSR count). The first-order valence-corrected chi connectivity index (χ1v) is 30.0. The predicted molar refractivity (Wildman–Crippen MR) is 318 cm³/mol. The number of allylic oxidation sites excluding steroid dienone is 9. The summed E-state index contributed by atoms with van der Waals surface area (Å²) in [5.41, 5.74) is 0.265. The van der Waals surface area contributed by atoms with E-state index in [0.29, 0.717) is 18.4 Å². The number of nitrogens with one attached hydrogen (secondary N) is 1. The molecule has 0 unspecified atom stereocenters. The molecule has 0 spiro atoms. The van der Waals surface area contributed by atoms with Gasteiger partial charge in [-0.3, -0.25) is 9.59 Å². The highest BCUT2D eigenvalue weighted by atomic mass is 16.7. The van der Waals surface area contributed by atoms with Gasteiger partial charge in [-0.15, -0.1) is 0 Å². The molecule has 1 aromatic carbocycles. The van der Waals surface area contributed by atoms with Gasteiger partial charge in [0.25, 0.3) is 0 Å². The van der Waals surface area contributed by atoms with Gasteiger partial charge in [0.1, 0.15) is 36.4 Å². The normalized spacial score (nSPS) is 36.3. The van der Waals surface area contributed by atoms with Crippen LogP contribution in [0.5, 0.6) is 0 Å². The zero-order chi connectivity index (χ0) is 63.6. The van der Waals surface area contributed by atoms with E-state index in [-0.39, 0.29) is 37.8 Å². The second kappa shape index (κ2) is 33.8. The van der Waals surface area contributed by atoms with Crippen molar-refractivity contribution in [1.29, 1.82) is 0 Å². The highest BCUT2D eigenvalue weighted by Gasteiger charge is 2.63. The van der Waals surface area contributed by atoms with Crippen molar-refractivity contribution in [1.82, 2.24) is 5.32 Å². The van der Waals surface area contributed by atoms with Gasteiger partial charge in [0.05, 0.1) is 74.1 Å². The van der Waals surface area contributed by atoms with E-state index in [1.54, 1.807) is 133 Å². The van der Waals surface area contributed by atoms with Crippen LogP contribution in [0.2, 0.25) is 0 Å².